The van der Waals surface area contributed by atoms with Crippen molar-refractivity contribution in [3.8, 4) is 0 Å². The Bertz CT molecular complexity index is 510. The molecule has 0 atom stereocenters. The van der Waals surface area contributed by atoms with Crippen LogP contribution in [0.3, 0.4) is 0 Å². The van der Waals surface area contributed by atoms with E-state index in [2.05, 4.69) is 13.8 Å². The van der Waals surface area contributed by atoms with Gasteiger partial charge in [0.1, 0.15) is 6.61 Å². The molecule has 0 aromatic carbocycles. The van der Waals surface area contributed by atoms with Gasteiger partial charge in [0.25, 0.3) is 0 Å². The predicted octanol–water partition coefficient (Wildman–Crippen LogP) is 5.38. The fourth-order valence-corrected chi connectivity index (χ4v) is 3.79. The highest BCUT2D eigenvalue weighted by Crippen LogP contribution is 2.06. The zero-order valence-corrected chi connectivity index (χ0v) is 27.1. The molecule has 0 saturated carbocycles. The molecule has 0 amide bonds. The van der Waals surface area contributed by atoms with Crippen LogP contribution in [0.5, 0.6) is 0 Å². The van der Waals surface area contributed by atoms with Gasteiger partial charge in [0, 0.05) is 13.0 Å². The molecule has 252 valence electrons. The van der Waals surface area contributed by atoms with E-state index in [1.807, 2.05) is 0 Å². The van der Waals surface area contributed by atoms with Crippen molar-refractivity contribution in [2.24, 2.45) is 0 Å². The average molecular weight is 609 g/mol. The van der Waals surface area contributed by atoms with Crippen LogP contribution in [0.1, 0.15) is 90.9 Å². The maximum Gasteiger partial charge on any atom is 0.305 e. The smallest absolute Gasteiger partial charge is 0.305 e. The topological polar surface area (TPSA) is 100 Å². The second-order valence-electron chi connectivity index (χ2n) is 10.1. The summed E-state index contributed by atoms with van der Waals surface area (Å²) >= 11 is 0. The van der Waals surface area contributed by atoms with Crippen LogP contribution < -0.4 is 0 Å². The third kappa shape index (κ3) is 37.2. The Labute approximate surface area is 256 Å². The Morgan fingerprint density at radius 3 is 1.00 bits per heavy atom. The highest BCUT2D eigenvalue weighted by molar-refractivity contribution is 5.69. The summed E-state index contributed by atoms with van der Waals surface area (Å²) in [5.41, 5.74) is 0. The lowest BCUT2D eigenvalue weighted by Gasteiger charge is -2.09. The number of ether oxygens (including phenoxy) is 9. The summed E-state index contributed by atoms with van der Waals surface area (Å²) in [5, 5.41) is 0. The predicted molar refractivity (Wildman–Crippen MR) is 164 cm³/mol. The van der Waals surface area contributed by atoms with Crippen molar-refractivity contribution in [1.82, 2.24) is 0 Å². The molecular weight excluding hydrogens is 544 g/mol. The molecule has 0 rings (SSSR count). The van der Waals surface area contributed by atoms with Crippen LogP contribution in [0.25, 0.3) is 0 Å². The Hall–Kier alpha value is -0.850. The third-order valence-corrected chi connectivity index (χ3v) is 6.22. The van der Waals surface area contributed by atoms with Crippen molar-refractivity contribution >= 4 is 5.97 Å². The number of hydrogen-bond acceptors (Lipinski definition) is 10. The molecule has 0 fully saturated rings. The first-order chi connectivity index (χ1) is 20.8. The highest BCUT2D eigenvalue weighted by Gasteiger charge is 2.02. The van der Waals surface area contributed by atoms with Gasteiger partial charge in [-0.3, -0.25) is 4.79 Å². The van der Waals surface area contributed by atoms with E-state index in [1.165, 1.54) is 51.4 Å². The molecule has 0 aliphatic heterocycles. The molecule has 0 saturated heterocycles. The van der Waals surface area contributed by atoms with E-state index in [-0.39, 0.29) is 5.97 Å². The maximum atomic E-state index is 11.6. The third-order valence-electron chi connectivity index (χ3n) is 6.22. The van der Waals surface area contributed by atoms with Crippen LogP contribution in [0, 0.1) is 0 Å². The summed E-state index contributed by atoms with van der Waals surface area (Å²) in [6.07, 6.45) is 13.8. The Balaban J connectivity index is 3.08. The SMILES string of the molecule is CCCCCCCCOCCOCCOCCOCCOCCOCCOCCOCCOC(=O)CCCCCCC. The molecule has 0 aliphatic carbocycles. The number of unbranched alkanes of at least 4 members (excludes halogenated alkanes) is 9. The van der Waals surface area contributed by atoms with Gasteiger partial charge in [-0.2, -0.15) is 0 Å². The van der Waals surface area contributed by atoms with Crippen molar-refractivity contribution in [3.63, 3.8) is 0 Å². The number of carbonyl (C=O) groups excluding carboxylic acids is 1. The molecule has 0 radical (unpaired) electrons. The zero-order chi connectivity index (χ0) is 30.4. The van der Waals surface area contributed by atoms with Gasteiger partial charge < -0.3 is 42.6 Å². The largest absolute Gasteiger partial charge is 0.463 e. The van der Waals surface area contributed by atoms with E-state index in [1.54, 1.807) is 0 Å². The minimum absolute atomic E-state index is 0.141. The van der Waals surface area contributed by atoms with Gasteiger partial charge in [0.2, 0.25) is 0 Å². The molecule has 0 spiro atoms. The highest BCUT2D eigenvalue weighted by atomic mass is 16.6. The normalized spacial score (nSPS) is 11.4. The summed E-state index contributed by atoms with van der Waals surface area (Å²) < 4.78 is 49.0. The van der Waals surface area contributed by atoms with Gasteiger partial charge in [0.15, 0.2) is 0 Å². The Kier molecular flexibility index (Phi) is 37.4. The van der Waals surface area contributed by atoms with Crippen molar-refractivity contribution in [1.29, 1.82) is 0 Å². The molecule has 0 bridgehead atoms. The van der Waals surface area contributed by atoms with Crippen LogP contribution in [0.2, 0.25) is 0 Å². The van der Waals surface area contributed by atoms with E-state index in [9.17, 15) is 4.79 Å². The Morgan fingerprint density at radius 1 is 0.333 bits per heavy atom. The molecule has 0 aromatic heterocycles. The van der Waals surface area contributed by atoms with E-state index >= 15 is 0 Å². The van der Waals surface area contributed by atoms with Crippen LogP contribution in [0.15, 0.2) is 0 Å². The average Bonchev–Trinajstić information content (AvgIpc) is 2.99. The second-order valence-corrected chi connectivity index (χ2v) is 10.1. The summed E-state index contributed by atoms with van der Waals surface area (Å²) in [4.78, 5) is 11.6. The quantitative estimate of drug-likeness (QED) is 0.0675. The number of hydrogen-bond donors (Lipinski definition) is 0. The summed E-state index contributed by atoms with van der Waals surface area (Å²) in [6, 6.07) is 0. The first-order valence-electron chi connectivity index (χ1n) is 16.6. The fourth-order valence-electron chi connectivity index (χ4n) is 3.79. The second kappa shape index (κ2) is 38.2. The van der Waals surface area contributed by atoms with Crippen LogP contribution in [0.4, 0.5) is 0 Å². The molecule has 0 aliphatic rings. The van der Waals surface area contributed by atoms with E-state index in [0.29, 0.717) is 112 Å². The minimum atomic E-state index is -0.141. The van der Waals surface area contributed by atoms with Crippen LogP contribution in [-0.2, 0) is 47.4 Å². The van der Waals surface area contributed by atoms with Gasteiger partial charge in [-0.25, -0.2) is 0 Å². The van der Waals surface area contributed by atoms with E-state index < -0.39 is 0 Å². The standard InChI is InChI=1S/C32H64O10/c1-3-5-7-9-11-13-15-34-16-17-35-18-19-36-20-21-37-22-23-38-24-25-39-26-27-40-28-29-41-30-31-42-32(33)14-12-10-8-6-4-2/h3-31H2,1-2H3. The van der Waals surface area contributed by atoms with Gasteiger partial charge in [-0.05, 0) is 12.8 Å². The lowest BCUT2D eigenvalue weighted by atomic mass is 10.1. The first kappa shape index (κ1) is 41.1. The maximum absolute atomic E-state index is 11.6. The van der Waals surface area contributed by atoms with Crippen molar-refractivity contribution in [2.45, 2.75) is 90.9 Å². The van der Waals surface area contributed by atoms with E-state index in [4.69, 9.17) is 42.6 Å². The minimum Gasteiger partial charge on any atom is -0.463 e. The van der Waals surface area contributed by atoms with Crippen LogP contribution >= 0.6 is 0 Å². The number of carbonyl (C=O) groups is 1. The lowest BCUT2D eigenvalue weighted by molar-refractivity contribution is -0.145. The molecule has 0 heterocycles. The molecular formula is C32H64O10. The van der Waals surface area contributed by atoms with E-state index in [0.717, 1.165) is 25.9 Å². The zero-order valence-electron chi connectivity index (χ0n) is 27.1. The van der Waals surface area contributed by atoms with Crippen LogP contribution in [-0.4, -0.2) is 118 Å². The monoisotopic (exact) mass is 608 g/mol. The molecule has 0 aromatic rings. The number of rotatable bonds is 37. The fraction of sp³-hybridized carbons (Fsp3) is 0.969. The molecule has 42 heavy (non-hydrogen) atoms. The lowest BCUT2D eigenvalue weighted by Crippen LogP contribution is -2.15. The van der Waals surface area contributed by atoms with Gasteiger partial charge in [-0.1, -0.05) is 71.6 Å². The van der Waals surface area contributed by atoms with Crippen molar-refractivity contribution < 1.29 is 47.4 Å². The van der Waals surface area contributed by atoms with Gasteiger partial charge >= 0.3 is 5.97 Å². The summed E-state index contributed by atoms with van der Waals surface area (Å²) in [7, 11) is 0. The molecule has 10 heteroatoms. The van der Waals surface area contributed by atoms with Crippen molar-refractivity contribution in [3.05, 3.63) is 0 Å². The molecule has 10 nitrogen and oxygen atoms in total. The Morgan fingerprint density at radius 2 is 0.619 bits per heavy atom. The molecule has 0 unspecified atom stereocenters. The van der Waals surface area contributed by atoms with Gasteiger partial charge in [-0.15, -0.1) is 0 Å². The summed E-state index contributed by atoms with van der Waals surface area (Å²) in [6.45, 7) is 13.4. The van der Waals surface area contributed by atoms with Gasteiger partial charge in [0.05, 0.1) is 99.1 Å². The first-order valence-corrected chi connectivity index (χ1v) is 16.6. The number of esters is 1. The molecule has 0 N–H and O–H groups in total. The summed E-state index contributed by atoms with van der Waals surface area (Å²) in [5.74, 6) is -0.141. The van der Waals surface area contributed by atoms with Crippen molar-refractivity contribution in [2.75, 3.05) is 112 Å².